The first-order valence-corrected chi connectivity index (χ1v) is 13.5. The van der Waals surface area contributed by atoms with Gasteiger partial charge in [-0.1, -0.05) is 65.3 Å². The Hall–Kier alpha value is -0.600. The first kappa shape index (κ1) is 24.5. The number of rotatable bonds is 4. The third-order valence-electron chi connectivity index (χ3n) is 11.6. The fourth-order valence-electron chi connectivity index (χ4n) is 9.37. The molecule has 4 aliphatic rings. The molecule has 2 nitrogen and oxygen atoms in total. The van der Waals surface area contributed by atoms with Crippen molar-refractivity contribution < 1.29 is 10.2 Å². The largest absolute Gasteiger partial charge is 0.392 e. The van der Waals surface area contributed by atoms with E-state index >= 15 is 0 Å². The van der Waals surface area contributed by atoms with Gasteiger partial charge in [0.05, 0.1) is 11.7 Å². The minimum Gasteiger partial charge on any atom is -0.392 e. The second kappa shape index (κ2) is 7.70. The first-order valence-electron chi connectivity index (χ1n) is 13.5. The maximum atomic E-state index is 10.8. The van der Waals surface area contributed by atoms with E-state index in [4.69, 9.17) is 0 Å². The lowest BCUT2D eigenvalue weighted by molar-refractivity contribution is -0.145. The van der Waals surface area contributed by atoms with E-state index in [0.717, 1.165) is 31.1 Å². The molecule has 0 amide bonds. The number of hydrogen-bond acceptors (Lipinski definition) is 2. The van der Waals surface area contributed by atoms with Crippen LogP contribution in [-0.2, 0) is 0 Å². The molecule has 0 bridgehead atoms. The molecule has 2 heteroatoms. The molecule has 2 N–H and O–H groups in total. The van der Waals surface area contributed by atoms with Crippen LogP contribution < -0.4 is 0 Å². The van der Waals surface area contributed by atoms with Crippen LogP contribution in [0.1, 0.15) is 107 Å². The molecular weight excluding hydrogens is 392 g/mol. The Morgan fingerprint density at radius 2 is 1.72 bits per heavy atom. The summed E-state index contributed by atoms with van der Waals surface area (Å²) in [5.74, 6) is 2.81. The van der Waals surface area contributed by atoms with E-state index in [1.54, 1.807) is 5.57 Å². The van der Waals surface area contributed by atoms with E-state index in [1.807, 2.05) is 19.9 Å². The van der Waals surface area contributed by atoms with Crippen molar-refractivity contribution in [3.8, 4) is 0 Å². The minimum atomic E-state index is -0.714. The first-order chi connectivity index (χ1) is 14.7. The fraction of sp³-hybridized carbons (Fsp3) is 0.867. The van der Waals surface area contributed by atoms with Gasteiger partial charge in [0.1, 0.15) is 0 Å². The lowest BCUT2D eigenvalue weighted by Gasteiger charge is -2.66. The van der Waals surface area contributed by atoms with Gasteiger partial charge in [0.2, 0.25) is 0 Å². The fourth-order valence-corrected chi connectivity index (χ4v) is 9.37. The van der Waals surface area contributed by atoms with Crippen LogP contribution in [0.2, 0.25) is 0 Å². The van der Waals surface area contributed by atoms with Crippen molar-refractivity contribution >= 4 is 0 Å². The molecule has 0 saturated heterocycles. The summed E-state index contributed by atoms with van der Waals surface area (Å²) in [4.78, 5) is 0. The summed E-state index contributed by atoms with van der Waals surface area (Å²) >= 11 is 0. The third-order valence-corrected chi connectivity index (χ3v) is 11.6. The number of fused-ring (bicyclic) bond motifs is 5. The molecule has 0 aromatic heterocycles. The summed E-state index contributed by atoms with van der Waals surface area (Å²) in [6, 6.07) is 0. The van der Waals surface area contributed by atoms with Crippen molar-refractivity contribution in [1.82, 2.24) is 0 Å². The van der Waals surface area contributed by atoms with E-state index < -0.39 is 5.60 Å². The van der Waals surface area contributed by atoms with Gasteiger partial charge in [-0.2, -0.15) is 0 Å². The molecule has 0 heterocycles. The highest BCUT2D eigenvalue weighted by Gasteiger charge is 2.67. The molecule has 3 saturated carbocycles. The minimum absolute atomic E-state index is 0.0713. The van der Waals surface area contributed by atoms with Crippen molar-refractivity contribution in [2.45, 2.75) is 118 Å². The molecule has 0 unspecified atom stereocenters. The second-order valence-electron chi connectivity index (χ2n) is 14.1. The normalized spacial score (nSPS) is 46.9. The Kier molecular flexibility index (Phi) is 5.90. The van der Waals surface area contributed by atoms with Crippen molar-refractivity contribution in [3.05, 3.63) is 23.8 Å². The van der Waals surface area contributed by atoms with E-state index in [9.17, 15) is 10.2 Å². The topological polar surface area (TPSA) is 40.5 Å². The smallest absolute Gasteiger partial charge is 0.0771 e. The SMILES string of the molecule is C[C@@H](C/C=C\C(C)(C)O)[C@@H]1CC[C@]2(C)[C@H]3CC=C4[C@@H](CC[C@H](O)C4(C)C)[C@]3(C)CC[C@@]12C. The molecule has 3 fully saturated rings. The molecule has 182 valence electrons. The maximum Gasteiger partial charge on any atom is 0.0771 e. The Labute approximate surface area is 198 Å². The van der Waals surface area contributed by atoms with Gasteiger partial charge in [0.15, 0.2) is 0 Å². The van der Waals surface area contributed by atoms with Crippen molar-refractivity contribution in [3.63, 3.8) is 0 Å². The molecule has 4 aliphatic carbocycles. The number of aliphatic hydroxyl groups excluding tert-OH is 1. The van der Waals surface area contributed by atoms with E-state index in [-0.39, 0.29) is 11.5 Å². The molecule has 0 aromatic rings. The Morgan fingerprint density at radius 3 is 2.38 bits per heavy atom. The Balaban J connectivity index is 1.62. The quantitative estimate of drug-likeness (QED) is 0.448. The summed E-state index contributed by atoms with van der Waals surface area (Å²) in [7, 11) is 0. The zero-order valence-corrected chi connectivity index (χ0v) is 22.2. The van der Waals surface area contributed by atoms with Gasteiger partial charge in [-0.15, -0.1) is 0 Å². The predicted octanol–water partition coefficient (Wildman–Crippen LogP) is 7.31. The summed E-state index contributed by atoms with van der Waals surface area (Å²) in [6.07, 6.45) is 16.4. The molecular formula is C30H50O2. The van der Waals surface area contributed by atoms with Gasteiger partial charge in [0.25, 0.3) is 0 Å². The van der Waals surface area contributed by atoms with Gasteiger partial charge in [-0.3, -0.25) is 0 Å². The summed E-state index contributed by atoms with van der Waals surface area (Å²) in [5.41, 5.74) is 1.94. The summed E-state index contributed by atoms with van der Waals surface area (Å²) in [5, 5.41) is 20.8. The molecule has 0 aliphatic heterocycles. The van der Waals surface area contributed by atoms with E-state index in [2.05, 4.69) is 53.7 Å². The van der Waals surface area contributed by atoms with Crippen LogP contribution in [0.3, 0.4) is 0 Å². The van der Waals surface area contributed by atoms with Gasteiger partial charge in [-0.25, -0.2) is 0 Å². The predicted molar refractivity (Wildman–Crippen MR) is 134 cm³/mol. The van der Waals surface area contributed by atoms with Crippen LogP contribution in [-0.4, -0.2) is 21.9 Å². The average Bonchev–Trinajstić information content (AvgIpc) is 2.95. The van der Waals surface area contributed by atoms with E-state index in [1.165, 1.54) is 32.1 Å². The number of aliphatic hydroxyl groups is 2. The molecule has 8 atom stereocenters. The van der Waals surface area contributed by atoms with Gasteiger partial charge in [-0.05, 0) is 105 Å². The van der Waals surface area contributed by atoms with Crippen LogP contribution in [0.5, 0.6) is 0 Å². The lowest BCUT2D eigenvalue weighted by atomic mass is 9.39. The van der Waals surface area contributed by atoms with Gasteiger partial charge < -0.3 is 10.2 Å². The van der Waals surface area contributed by atoms with Crippen LogP contribution in [0.15, 0.2) is 23.8 Å². The Bertz CT molecular complexity index is 785. The standard InChI is InChI=1S/C30H50O2/c1-20(10-9-16-26(2,3)32)21-15-17-30(8)24-13-11-22-23(12-14-25(31)27(22,4)5)28(24,6)18-19-29(21,30)7/h9,11,16,20-21,23-25,31-32H,10,12-15,17-19H2,1-8H3/b16-9-/t20-,21-,23+,24-,25-,28-,29-,30+/m0/s1. The molecule has 0 spiro atoms. The monoisotopic (exact) mass is 442 g/mol. The van der Waals surface area contributed by atoms with Crippen LogP contribution >= 0.6 is 0 Å². The average molecular weight is 443 g/mol. The van der Waals surface area contributed by atoms with Gasteiger partial charge in [0, 0.05) is 5.41 Å². The second-order valence-corrected chi connectivity index (χ2v) is 14.1. The highest BCUT2D eigenvalue weighted by atomic mass is 16.3. The van der Waals surface area contributed by atoms with Crippen molar-refractivity contribution in [2.75, 3.05) is 0 Å². The lowest BCUT2D eigenvalue weighted by Crippen LogP contribution is -2.59. The Morgan fingerprint density at radius 1 is 1.03 bits per heavy atom. The van der Waals surface area contributed by atoms with Crippen LogP contribution in [0.25, 0.3) is 0 Å². The highest BCUT2D eigenvalue weighted by Crippen LogP contribution is 2.74. The zero-order valence-electron chi connectivity index (χ0n) is 22.2. The third kappa shape index (κ3) is 3.49. The van der Waals surface area contributed by atoms with E-state index in [0.29, 0.717) is 28.1 Å². The summed E-state index contributed by atoms with van der Waals surface area (Å²) < 4.78 is 0. The summed E-state index contributed by atoms with van der Waals surface area (Å²) in [6.45, 7) is 18.6. The number of hydrogen-bond donors (Lipinski definition) is 2. The van der Waals surface area contributed by atoms with Crippen LogP contribution in [0.4, 0.5) is 0 Å². The number of allylic oxidation sites excluding steroid dienone is 2. The molecule has 0 aromatic carbocycles. The van der Waals surface area contributed by atoms with Gasteiger partial charge >= 0.3 is 0 Å². The molecule has 4 rings (SSSR count). The molecule has 32 heavy (non-hydrogen) atoms. The molecule has 0 radical (unpaired) electrons. The van der Waals surface area contributed by atoms with Crippen LogP contribution in [0, 0.1) is 45.3 Å². The van der Waals surface area contributed by atoms with Crippen molar-refractivity contribution in [1.29, 1.82) is 0 Å². The van der Waals surface area contributed by atoms with Crippen molar-refractivity contribution in [2.24, 2.45) is 45.3 Å². The maximum absolute atomic E-state index is 10.8. The zero-order chi connectivity index (χ0) is 23.7. The highest BCUT2D eigenvalue weighted by molar-refractivity contribution is 5.30.